The highest BCUT2D eigenvalue weighted by Crippen LogP contribution is 2.45. The Bertz CT molecular complexity index is 1810. The van der Waals surface area contributed by atoms with Crippen LogP contribution in [0.25, 0.3) is 10.9 Å². The van der Waals surface area contributed by atoms with Gasteiger partial charge in [-0.3, -0.25) is 14.5 Å². The lowest BCUT2D eigenvalue weighted by Crippen LogP contribution is -2.44. The van der Waals surface area contributed by atoms with Gasteiger partial charge in [0.15, 0.2) is 0 Å². The first-order valence-electron chi connectivity index (χ1n) is 13.7. The van der Waals surface area contributed by atoms with Gasteiger partial charge in [0.05, 0.1) is 11.3 Å². The highest BCUT2D eigenvalue weighted by atomic mass is 16.2. The van der Waals surface area contributed by atoms with Crippen molar-refractivity contribution in [2.75, 3.05) is 4.90 Å². The molecule has 0 bridgehead atoms. The number of amides is 4. The highest BCUT2D eigenvalue weighted by Gasteiger charge is 2.53. The van der Waals surface area contributed by atoms with E-state index in [2.05, 4.69) is 16.4 Å². The fourth-order valence-electron chi connectivity index (χ4n) is 6.13. The number of imide groups is 1. The molecule has 2 unspecified atom stereocenters. The summed E-state index contributed by atoms with van der Waals surface area (Å²) >= 11 is 0. The van der Waals surface area contributed by atoms with Crippen LogP contribution in [0.15, 0.2) is 103 Å². The van der Waals surface area contributed by atoms with Crippen LogP contribution in [0.3, 0.4) is 0 Å². The number of benzene rings is 4. The lowest BCUT2D eigenvalue weighted by Gasteiger charge is -2.36. The third-order valence-corrected chi connectivity index (χ3v) is 8.13. The van der Waals surface area contributed by atoms with Gasteiger partial charge < -0.3 is 10.3 Å². The zero-order valence-corrected chi connectivity index (χ0v) is 22.5. The molecule has 0 saturated carbocycles. The number of carbonyl (C=O) groups is 3. The van der Waals surface area contributed by atoms with E-state index in [9.17, 15) is 14.4 Å². The Hall–Kier alpha value is -5.17. The number of hydrogen-bond donors (Lipinski definition) is 2. The highest BCUT2D eigenvalue weighted by molar-refractivity contribution is 6.24. The van der Waals surface area contributed by atoms with Gasteiger partial charge in [-0.05, 0) is 41.8 Å². The van der Waals surface area contributed by atoms with Crippen LogP contribution in [-0.4, -0.2) is 33.8 Å². The fraction of sp³-hybridized carbons (Fsp3) is 0.147. The average Bonchev–Trinajstić information content (AvgIpc) is 3.50. The fourth-order valence-corrected chi connectivity index (χ4v) is 6.13. The van der Waals surface area contributed by atoms with Crippen molar-refractivity contribution >= 4 is 34.4 Å². The number of aromatic amines is 1. The van der Waals surface area contributed by atoms with E-state index < -0.39 is 18.1 Å². The second-order valence-corrected chi connectivity index (χ2v) is 10.6. The predicted octanol–water partition coefficient (Wildman–Crippen LogP) is 5.89. The first kappa shape index (κ1) is 24.8. The molecule has 3 heterocycles. The van der Waals surface area contributed by atoms with Crippen LogP contribution in [0.2, 0.25) is 0 Å². The molecule has 7 heteroatoms. The molecule has 1 aromatic heterocycles. The standard InChI is InChI=1S/C34H28N4O3/c1-21-15-17-23(18-16-21)31-30-26(24-11-5-7-13-27(24)36-30)19-29-33(40)38(34(41)37(29)31)28-14-8-6-12-25(28)32(39)35-20-22-9-3-2-4-10-22/h2-18,29,31,36H,19-20H2,1H3,(H,35,39). The Morgan fingerprint density at radius 1 is 0.878 bits per heavy atom. The largest absolute Gasteiger partial charge is 0.356 e. The normalized spacial score (nSPS) is 18.0. The van der Waals surface area contributed by atoms with Crippen LogP contribution in [0.1, 0.15) is 44.3 Å². The molecule has 1 fully saturated rings. The maximum Gasteiger partial charge on any atom is 0.332 e. The van der Waals surface area contributed by atoms with Gasteiger partial charge in [0.2, 0.25) is 0 Å². The molecule has 0 aliphatic carbocycles. The number of nitrogens with one attached hydrogen (secondary N) is 2. The molecule has 202 valence electrons. The summed E-state index contributed by atoms with van der Waals surface area (Å²) in [5.74, 6) is -0.674. The first-order valence-corrected chi connectivity index (χ1v) is 13.7. The molecule has 1 saturated heterocycles. The number of rotatable bonds is 5. The monoisotopic (exact) mass is 540 g/mol. The molecule has 0 spiro atoms. The number of aromatic nitrogens is 1. The summed E-state index contributed by atoms with van der Waals surface area (Å²) in [6.45, 7) is 2.36. The van der Waals surface area contributed by atoms with E-state index in [-0.39, 0.29) is 17.4 Å². The zero-order valence-electron chi connectivity index (χ0n) is 22.5. The minimum Gasteiger partial charge on any atom is -0.356 e. The Morgan fingerprint density at radius 2 is 1.59 bits per heavy atom. The van der Waals surface area contributed by atoms with Gasteiger partial charge in [-0.25, -0.2) is 9.69 Å². The van der Waals surface area contributed by atoms with Crippen molar-refractivity contribution in [2.24, 2.45) is 0 Å². The van der Waals surface area contributed by atoms with Crippen molar-refractivity contribution in [2.45, 2.75) is 32.0 Å². The van der Waals surface area contributed by atoms with Crippen LogP contribution < -0.4 is 10.2 Å². The van der Waals surface area contributed by atoms with Gasteiger partial charge >= 0.3 is 6.03 Å². The number of para-hydroxylation sites is 2. The zero-order chi connectivity index (χ0) is 28.1. The molecule has 7 nitrogen and oxygen atoms in total. The van der Waals surface area contributed by atoms with Crippen LogP contribution in [0, 0.1) is 6.92 Å². The summed E-state index contributed by atoms with van der Waals surface area (Å²) in [4.78, 5) is 48.2. The lowest BCUT2D eigenvalue weighted by atomic mass is 9.88. The number of H-pyrrole nitrogens is 1. The van der Waals surface area contributed by atoms with Crippen LogP contribution in [0.5, 0.6) is 0 Å². The molecule has 4 amide bonds. The molecule has 4 aromatic carbocycles. The van der Waals surface area contributed by atoms with Crippen molar-refractivity contribution in [1.29, 1.82) is 0 Å². The second kappa shape index (κ2) is 9.78. The molecule has 2 atom stereocenters. The maximum atomic E-state index is 14.3. The van der Waals surface area contributed by atoms with E-state index in [1.165, 1.54) is 4.90 Å². The first-order chi connectivity index (χ1) is 20.0. The Morgan fingerprint density at radius 3 is 2.39 bits per heavy atom. The quantitative estimate of drug-likeness (QED) is 0.273. The predicted molar refractivity (Wildman–Crippen MR) is 158 cm³/mol. The van der Waals surface area contributed by atoms with Crippen LogP contribution in [-0.2, 0) is 17.8 Å². The van der Waals surface area contributed by atoms with Crippen molar-refractivity contribution in [3.63, 3.8) is 0 Å². The lowest BCUT2D eigenvalue weighted by molar-refractivity contribution is -0.120. The molecule has 41 heavy (non-hydrogen) atoms. The molecule has 2 aliphatic heterocycles. The van der Waals surface area contributed by atoms with Crippen LogP contribution >= 0.6 is 0 Å². The van der Waals surface area contributed by atoms with Gasteiger partial charge in [0.1, 0.15) is 12.1 Å². The number of urea groups is 1. The summed E-state index contributed by atoms with van der Waals surface area (Å²) in [6, 6.07) is 30.9. The third kappa shape index (κ3) is 4.09. The van der Waals surface area contributed by atoms with E-state index in [0.29, 0.717) is 18.7 Å². The van der Waals surface area contributed by atoms with Gasteiger partial charge in [-0.1, -0.05) is 90.5 Å². The van der Waals surface area contributed by atoms with E-state index >= 15 is 0 Å². The summed E-state index contributed by atoms with van der Waals surface area (Å²) < 4.78 is 0. The van der Waals surface area contributed by atoms with Crippen molar-refractivity contribution in [1.82, 2.24) is 15.2 Å². The number of aryl methyl sites for hydroxylation is 1. The molecule has 2 aliphatic rings. The summed E-state index contributed by atoms with van der Waals surface area (Å²) in [5.41, 5.74) is 6.50. The topological polar surface area (TPSA) is 85.5 Å². The number of carbonyl (C=O) groups excluding carboxylic acids is 3. The SMILES string of the molecule is Cc1ccc(C2c3[nH]c4ccccc4c3CC3C(=O)N(c4ccccc4C(=O)NCc4ccccc4)C(=O)N32)cc1. The van der Waals surface area contributed by atoms with Gasteiger partial charge in [0.25, 0.3) is 11.8 Å². The molecule has 7 rings (SSSR count). The van der Waals surface area contributed by atoms with E-state index in [4.69, 9.17) is 0 Å². The molecule has 2 N–H and O–H groups in total. The average molecular weight is 541 g/mol. The maximum absolute atomic E-state index is 14.3. The van der Waals surface area contributed by atoms with Gasteiger partial charge in [-0.15, -0.1) is 0 Å². The second-order valence-electron chi connectivity index (χ2n) is 10.6. The summed E-state index contributed by atoms with van der Waals surface area (Å²) in [6.07, 6.45) is 0.394. The van der Waals surface area contributed by atoms with Crippen LogP contribution in [0.4, 0.5) is 10.5 Å². The third-order valence-electron chi connectivity index (χ3n) is 8.13. The number of nitrogens with zero attached hydrogens (tertiary/aromatic N) is 2. The number of anilines is 1. The number of fused-ring (bicyclic) bond motifs is 4. The van der Waals surface area contributed by atoms with E-state index in [1.54, 1.807) is 29.2 Å². The smallest absolute Gasteiger partial charge is 0.332 e. The van der Waals surface area contributed by atoms with E-state index in [0.717, 1.165) is 38.9 Å². The summed E-state index contributed by atoms with van der Waals surface area (Å²) in [7, 11) is 0. The van der Waals surface area contributed by atoms with Crippen molar-refractivity contribution < 1.29 is 14.4 Å². The van der Waals surface area contributed by atoms with E-state index in [1.807, 2.05) is 79.7 Å². The molecule has 0 radical (unpaired) electrons. The number of hydrogen-bond acceptors (Lipinski definition) is 3. The van der Waals surface area contributed by atoms with Crippen molar-refractivity contribution in [3.8, 4) is 0 Å². The Labute approximate surface area is 237 Å². The van der Waals surface area contributed by atoms with Gasteiger partial charge in [0, 0.05) is 29.6 Å². The minimum absolute atomic E-state index is 0.279. The molecular weight excluding hydrogens is 512 g/mol. The summed E-state index contributed by atoms with van der Waals surface area (Å²) in [5, 5.41) is 3.99. The van der Waals surface area contributed by atoms with Crippen molar-refractivity contribution in [3.05, 3.63) is 137 Å². The minimum atomic E-state index is -0.694. The molecular formula is C34H28N4O3. The Kier molecular flexibility index (Phi) is 5.93. The van der Waals surface area contributed by atoms with Gasteiger partial charge in [-0.2, -0.15) is 0 Å². The Balaban J connectivity index is 1.29. The molecule has 5 aromatic rings.